The van der Waals surface area contributed by atoms with E-state index in [1.54, 1.807) is 31.1 Å². The third-order valence-corrected chi connectivity index (χ3v) is 4.62. The van der Waals surface area contributed by atoms with E-state index in [9.17, 15) is 9.18 Å². The number of carbonyl (C=O) groups is 1. The minimum Gasteiger partial charge on any atom is -0.383 e. The summed E-state index contributed by atoms with van der Waals surface area (Å²) in [4.78, 5) is 17.2. The Labute approximate surface area is 141 Å². The van der Waals surface area contributed by atoms with E-state index in [2.05, 4.69) is 10.1 Å². The van der Waals surface area contributed by atoms with Crippen LogP contribution in [0, 0.1) is 12.7 Å². The van der Waals surface area contributed by atoms with Gasteiger partial charge in [0.05, 0.1) is 16.8 Å². The number of aryl methyl sites for hydroxylation is 2. The zero-order valence-electron chi connectivity index (χ0n) is 13.6. The molecule has 1 amide bonds. The fourth-order valence-electron chi connectivity index (χ4n) is 2.49. The van der Waals surface area contributed by atoms with Crippen molar-refractivity contribution in [1.29, 1.82) is 0 Å². The van der Waals surface area contributed by atoms with Crippen LogP contribution in [0.4, 0.5) is 4.39 Å². The van der Waals surface area contributed by atoms with Crippen molar-refractivity contribution in [2.24, 2.45) is 12.0 Å². The zero-order chi connectivity index (χ0) is 17.3. The molecule has 0 aliphatic rings. The number of nitrogens with zero attached hydrogens (tertiary/aromatic N) is 4. The van der Waals surface area contributed by atoms with Gasteiger partial charge in [0.2, 0.25) is 0 Å². The molecule has 0 atom stereocenters. The highest BCUT2D eigenvalue weighted by molar-refractivity contribution is 7.16. The Morgan fingerprint density at radius 1 is 1.46 bits per heavy atom. The number of aromatic nitrogens is 3. The molecule has 3 rings (SSSR count). The largest absolute Gasteiger partial charge is 0.383 e. The van der Waals surface area contributed by atoms with Gasteiger partial charge in [0.1, 0.15) is 5.82 Å². The van der Waals surface area contributed by atoms with Gasteiger partial charge < -0.3 is 9.30 Å². The molecule has 0 bridgehead atoms. The fourth-order valence-corrected chi connectivity index (χ4v) is 3.57. The molecule has 8 heteroatoms. The lowest BCUT2D eigenvalue weighted by molar-refractivity contribution is 0.0991. The molecule has 0 spiro atoms. The topological polar surface area (TPSA) is 61.4 Å². The summed E-state index contributed by atoms with van der Waals surface area (Å²) in [6.07, 6.45) is 1.77. The number of halogens is 1. The van der Waals surface area contributed by atoms with Gasteiger partial charge in [-0.25, -0.2) is 4.39 Å². The second kappa shape index (κ2) is 6.66. The summed E-state index contributed by atoms with van der Waals surface area (Å²) in [5, 5.41) is 4.15. The first-order chi connectivity index (χ1) is 11.5. The molecule has 0 aliphatic heterocycles. The predicted molar refractivity (Wildman–Crippen MR) is 89.5 cm³/mol. The molecule has 1 aromatic carbocycles. The minimum atomic E-state index is -0.411. The van der Waals surface area contributed by atoms with E-state index in [4.69, 9.17) is 4.74 Å². The summed E-state index contributed by atoms with van der Waals surface area (Å²) >= 11 is 1.27. The number of rotatable bonds is 4. The lowest BCUT2D eigenvalue weighted by Crippen LogP contribution is -2.19. The summed E-state index contributed by atoms with van der Waals surface area (Å²) < 4.78 is 22.8. The molecule has 0 saturated carbocycles. The van der Waals surface area contributed by atoms with Gasteiger partial charge in [-0.05, 0) is 25.1 Å². The van der Waals surface area contributed by atoms with Crippen LogP contribution in [-0.4, -0.2) is 34.0 Å². The van der Waals surface area contributed by atoms with E-state index in [1.165, 1.54) is 23.5 Å². The van der Waals surface area contributed by atoms with Crippen LogP contribution in [0.5, 0.6) is 0 Å². The van der Waals surface area contributed by atoms with Crippen molar-refractivity contribution < 1.29 is 13.9 Å². The van der Waals surface area contributed by atoms with Crippen molar-refractivity contribution >= 4 is 27.5 Å². The summed E-state index contributed by atoms with van der Waals surface area (Å²) in [5.41, 5.74) is 1.91. The molecule has 0 saturated heterocycles. The number of methoxy groups -OCH3 is 1. The standard InChI is InChI=1S/C16H17FN4O2S/c1-10-9-20(2)19-14(10)15(22)18-16-21(6-7-23-3)12-5-4-11(17)8-13(12)24-16/h4-5,8-9H,6-7H2,1-3H3. The zero-order valence-corrected chi connectivity index (χ0v) is 14.4. The number of carbonyl (C=O) groups excluding carboxylic acids is 1. The van der Waals surface area contributed by atoms with Crippen LogP contribution < -0.4 is 4.80 Å². The Balaban J connectivity index is 2.13. The summed E-state index contributed by atoms with van der Waals surface area (Å²) in [6, 6.07) is 4.53. The predicted octanol–water partition coefficient (Wildman–Crippen LogP) is 2.27. The average molecular weight is 348 g/mol. The Morgan fingerprint density at radius 3 is 2.92 bits per heavy atom. The maximum Gasteiger partial charge on any atom is 0.300 e. The van der Waals surface area contributed by atoms with Crippen molar-refractivity contribution in [1.82, 2.24) is 14.3 Å². The van der Waals surface area contributed by atoms with Crippen molar-refractivity contribution in [3.05, 3.63) is 46.3 Å². The number of hydrogen-bond donors (Lipinski definition) is 0. The highest BCUT2D eigenvalue weighted by Crippen LogP contribution is 2.19. The molecule has 2 aromatic heterocycles. The molecule has 3 aromatic rings. The van der Waals surface area contributed by atoms with Gasteiger partial charge >= 0.3 is 0 Å². The van der Waals surface area contributed by atoms with Crippen molar-refractivity contribution in [3.8, 4) is 0 Å². The van der Waals surface area contributed by atoms with Gasteiger partial charge in [0, 0.05) is 32.5 Å². The van der Waals surface area contributed by atoms with E-state index in [0.29, 0.717) is 23.6 Å². The van der Waals surface area contributed by atoms with E-state index < -0.39 is 5.91 Å². The van der Waals surface area contributed by atoms with E-state index in [0.717, 1.165) is 15.8 Å². The van der Waals surface area contributed by atoms with E-state index in [-0.39, 0.29) is 5.82 Å². The van der Waals surface area contributed by atoms with E-state index in [1.807, 2.05) is 11.5 Å². The molecular weight excluding hydrogens is 331 g/mol. The molecule has 0 N–H and O–H groups in total. The Kier molecular flexibility index (Phi) is 4.59. The van der Waals surface area contributed by atoms with Gasteiger partial charge in [0.25, 0.3) is 5.91 Å². The number of hydrogen-bond acceptors (Lipinski definition) is 4. The third kappa shape index (κ3) is 3.15. The van der Waals surface area contributed by atoms with Gasteiger partial charge in [-0.2, -0.15) is 10.1 Å². The fraction of sp³-hybridized carbons (Fsp3) is 0.312. The highest BCUT2D eigenvalue weighted by atomic mass is 32.1. The van der Waals surface area contributed by atoms with Gasteiger partial charge in [-0.15, -0.1) is 0 Å². The summed E-state index contributed by atoms with van der Waals surface area (Å²) in [7, 11) is 3.36. The smallest absolute Gasteiger partial charge is 0.300 e. The van der Waals surface area contributed by atoms with Crippen LogP contribution >= 0.6 is 11.3 Å². The molecule has 0 fully saturated rings. The number of thiazole rings is 1. The molecule has 0 aliphatic carbocycles. The molecule has 6 nitrogen and oxygen atoms in total. The van der Waals surface area contributed by atoms with Crippen molar-refractivity contribution in [3.63, 3.8) is 0 Å². The van der Waals surface area contributed by atoms with Gasteiger partial charge in [-0.3, -0.25) is 9.48 Å². The summed E-state index contributed by atoms with van der Waals surface area (Å²) in [5.74, 6) is -0.729. The lowest BCUT2D eigenvalue weighted by Gasteiger charge is -2.03. The SMILES string of the molecule is COCCn1c(=NC(=O)c2nn(C)cc2C)sc2cc(F)ccc21. The van der Waals surface area contributed by atoms with Crippen LogP contribution in [0.3, 0.4) is 0 Å². The minimum absolute atomic E-state index is 0.318. The lowest BCUT2D eigenvalue weighted by atomic mass is 10.3. The highest BCUT2D eigenvalue weighted by Gasteiger charge is 2.14. The van der Waals surface area contributed by atoms with Crippen molar-refractivity contribution in [2.45, 2.75) is 13.5 Å². The molecule has 2 heterocycles. The van der Waals surface area contributed by atoms with Crippen LogP contribution in [0.25, 0.3) is 10.2 Å². The Morgan fingerprint density at radius 2 is 2.25 bits per heavy atom. The first-order valence-corrected chi connectivity index (χ1v) is 8.18. The molecular formula is C16H17FN4O2S. The van der Waals surface area contributed by atoms with Crippen LogP contribution in [0.1, 0.15) is 16.1 Å². The Hall–Kier alpha value is -2.32. The van der Waals surface area contributed by atoms with Crippen LogP contribution in [-0.2, 0) is 18.3 Å². The molecule has 24 heavy (non-hydrogen) atoms. The Bertz CT molecular complexity index is 970. The maximum absolute atomic E-state index is 13.5. The second-order valence-corrected chi connectivity index (χ2v) is 6.40. The molecule has 126 valence electrons. The van der Waals surface area contributed by atoms with Crippen LogP contribution in [0.15, 0.2) is 29.4 Å². The molecule has 0 radical (unpaired) electrons. The first-order valence-electron chi connectivity index (χ1n) is 7.36. The maximum atomic E-state index is 13.5. The van der Waals surface area contributed by atoms with Gasteiger partial charge in [0.15, 0.2) is 10.5 Å². The first kappa shape index (κ1) is 16.5. The number of ether oxygens (including phenoxy) is 1. The van der Waals surface area contributed by atoms with Gasteiger partial charge in [-0.1, -0.05) is 11.3 Å². The quantitative estimate of drug-likeness (QED) is 0.727. The number of amides is 1. The third-order valence-electron chi connectivity index (χ3n) is 3.58. The molecule has 0 unspecified atom stereocenters. The summed E-state index contributed by atoms with van der Waals surface area (Å²) in [6.45, 7) is 2.80. The number of benzene rings is 1. The second-order valence-electron chi connectivity index (χ2n) is 5.39. The normalized spacial score (nSPS) is 12.2. The monoisotopic (exact) mass is 348 g/mol. The van der Waals surface area contributed by atoms with E-state index >= 15 is 0 Å². The van der Waals surface area contributed by atoms with Crippen LogP contribution in [0.2, 0.25) is 0 Å². The van der Waals surface area contributed by atoms with Crippen molar-refractivity contribution in [2.75, 3.05) is 13.7 Å². The average Bonchev–Trinajstić information content (AvgIpc) is 3.04. The number of fused-ring (bicyclic) bond motifs is 1.